The van der Waals surface area contributed by atoms with Crippen molar-refractivity contribution >= 4 is 5.96 Å². The summed E-state index contributed by atoms with van der Waals surface area (Å²) in [5, 5.41) is 3.07. The molecule has 0 amide bonds. The van der Waals surface area contributed by atoms with Crippen molar-refractivity contribution in [3.63, 3.8) is 0 Å². The Balaban J connectivity index is 1.75. The molecule has 21 heavy (non-hydrogen) atoms. The molecule has 0 atom stereocenters. The third-order valence-electron chi connectivity index (χ3n) is 2.85. The molecule has 2 aromatic rings. The SMILES string of the molecule is COc1ccc(CN=C(N)NCCc2ccccn2)cn1. The van der Waals surface area contributed by atoms with E-state index in [1.54, 1.807) is 25.6 Å². The van der Waals surface area contributed by atoms with Gasteiger partial charge in [0.1, 0.15) is 0 Å². The van der Waals surface area contributed by atoms with Crippen LogP contribution in [0.5, 0.6) is 5.88 Å². The van der Waals surface area contributed by atoms with Crippen LogP contribution in [0.4, 0.5) is 0 Å². The van der Waals surface area contributed by atoms with Crippen LogP contribution in [0.25, 0.3) is 0 Å². The lowest BCUT2D eigenvalue weighted by Crippen LogP contribution is -2.33. The van der Waals surface area contributed by atoms with E-state index < -0.39 is 0 Å². The first-order chi connectivity index (χ1) is 10.3. The molecule has 2 aromatic heterocycles. The van der Waals surface area contributed by atoms with E-state index in [1.165, 1.54) is 0 Å². The van der Waals surface area contributed by atoms with Crippen LogP contribution in [0.15, 0.2) is 47.7 Å². The fourth-order valence-electron chi connectivity index (χ4n) is 1.72. The Morgan fingerprint density at radius 3 is 2.86 bits per heavy atom. The van der Waals surface area contributed by atoms with E-state index >= 15 is 0 Å². The van der Waals surface area contributed by atoms with Gasteiger partial charge in [0.2, 0.25) is 5.88 Å². The van der Waals surface area contributed by atoms with Gasteiger partial charge in [0.15, 0.2) is 5.96 Å². The van der Waals surface area contributed by atoms with E-state index in [4.69, 9.17) is 10.5 Å². The van der Waals surface area contributed by atoms with Crippen molar-refractivity contribution in [2.24, 2.45) is 10.7 Å². The Kier molecular flexibility index (Phi) is 5.51. The number of methoxy groups -OCH3 is 1. The van der Waals surface area contributed by atoms with Crippen molar-refractivity contribution in [3.05, 3.63) is 54.0 Å². The molecule has 0 radical (unpaired) electrons. The summed E-state index contributed by atoms with van der Waals surface area (Å²) in [6.45, 7) is 1.19. The Labute approximate surface area is 124 Å². The maximum atomic E-state index is 5.82. The minimum Gasteiger partial charge on any atom is -0.481 e. The minimum atomic E-state index is 0.418. The second kappa shape index (κ2) is 7.84. The zero-order valence-electron chi connectivity index (χ0n) is 12.0. The maximum absolute atomic E-state index is 5.82. The molecule has 0 bridgehead atoms. The molecule has 0 aliphatic heterocycles. The molecule has 0 aliphatic carbocycles. The Hall–Kier alpha value is -2.63. The van der Waals surface area contributed by atoms with Gasteiger partial charge >= 0.3 is 0 Å². The summed E-state index contributed by atoms with van der Waals surface area (Å²) in [5.41, 5.74) is 7.82. The van der Waals surface area contributed by atoms with Crippen LogP contribution < -0.4 is 15.8 Å². The molecule has 0 aromatic carbocycles. The van der Waals surface area contributed by atoms with Gasteiger partial charge in [0.05, 0.1) is 13.7 Å². The summed E-state index contributed by atoms with van der Waals surface area (Å²) >= 11 is 0. The molecule has 0 aliphatic rings. The molecular formula is C15H19N5O. The van der Waals surface area contributed by atoms with Gasteiger partial charge in [-0.05, 0) is 17.7 Å². The zero-order valence-corrected chi connectivity index (χ0v) is 12.0. The predicted molar refractivity (Wildman–Crippen MR) is 82.1 cm³/mol. The normalized spacial score (nSPS) is 11.2. The summed E-state index contributed by atoms with van der Waals surface area (Å²) < 4.78 is 5.00. The number of nitrogens with zero attached hydrogens (tertiary/aromatic N) is 3. The number of rotatable bonds is 6. The molecule has 0 fully saturated rings. The van der Waals surface area contributed by atoms with Crippen LogP contribution in [-0.4, -0.2) is 29.6 Å². The van der Waals surface area contributed by atoms with Gasteiger partial charge in [0, 0.05) is 37.1 Å². The summed E-state index contributed by atoms with van der Waals surface area (Å²) in [5.74, 6) is 1.01. The Morgan fingerprint density at radius 1 is 1.29 bits per heavy atom. The highest BCUT2D eigenvalue weighted by Crippen LogP contribution is 2.07. The topological polar surface area (TPSA) is 85.4 Å². The number of hydrogen-bond donors (Lipinski definition) is 2. The first-order valence-corrected chi connectivity index (χ1v) is 6.70. The molecule has 0 saturated carbocycles. The summed E-state index contributed by atoms with van der Waals surface area (Å²) in [6.07, 6.45) is 4.31. The van der Waals surface area contributed by atoms with Crippen LogP contribution in [0.3, 0.4) is 0 Å². The molecule has 3 N–H and O–H groups in total. The highest BCUT2D eigenvalue weighted by molar-refractivity contribution is 5.77. The minimum absolute atomic E-state index is 0.418. The van der Waals surface area contributed by atoms with Crippen molar-refractivity contribution in [2.75, 3.05) is 13.7 Å². The second-order valence-electron chi connectivity index (χ2n) is 4.41. The average Bonchev–Trinajstić information content (AvgIpc) is 2.54. The summed E-state index contributed by atoms with van der Waals surface area (Å²) in [7, 11) is 1.59. The van der Waals surface area contributed by atoms with E-state index in [-0.39, 0.29) is 0 Å². The molecule has 110 valence electrons. The van der Waals surface area contributed by atoms with Crippen molar-refractivity contribution in [1.29, 1.82) is 0 Å². The quantitative estimate of drug-likeness (QED) is 0.614. The van der Waals surface area contributed by atoms with Crippen molar-refractivity contribution in [3.8, 4) is 5.88 Å². The van der Waals surface area contributed by atoms with E-state index in [9.17, 15) is 0 Å². The number of hydrogen-bond acceptors (Lipinski definition) is 4. The van der Waals surface area contributed by atoms with Crippen molar-refractivity contribution < 1.29 is 4.74 Å². The molecule has 2 heterocycles. The van der Waals surface area contributed by atoms with Gasteiger partial charge < -0.3 is 15.8 Å². The van der Waals surface area contributed by atoms with Gasteiger partial charge in [-0.15, -0.1) is 0 Å². The lowest BCUT2D eigenvalue weighted by atomic mass is 10.3. The fraction of sp³-hybridized carbons (Fsp3) is 0.267. The summed E-state index contributed by atoms with van der Waals surface area (Å²) in [6, 6.07) is 9.57. The van der Waals surface area contributed by atoms with E-state index in [1.807, 2.05) is 24.3 Å². The fourth-order valence-corrected chi connectivity index (χ4v) is 1.72. The zero-order chi connectivity index (χ0) is 14.9. The van der Waals surface area contributed by atoms with Crippen molar-refractivity contribution in [2.45, 2.75) is 13.0 Å². The Morgan fingerprint density at radius 2 is 2.19 bits per heavy atom. The monoisotopic (exact) mass is 285 g/mol. The number of aromatic nitrogens is 2. The first-order valence-electron chi connectivity index (χ1n) is 6.70. The summed E-state index contributed by atoms with van der Waals surface area (Å²) in [4.78, 5) is 12.6. The third kappa shape index (κ3) is 5.10. The Bertz CT molecular complexity index is 568. The van der Waals surface area contributed by atoms with Crippen LogP contribution in [0.2, 0.25) is 0 Å². The van der Waals surface area contributed by atoms with E-state index in [0.717, 1.165) is 17.7 Å². The maximum Gasteiger partial charge on any atom is 0.212 e. The lowest BCUT2D eigenvalue weighted by Gasteiger charge is -2.05. The van der Waals surface area contributed by atoms with Crippen LogP contribution in [0.1, 0.15) is 11.3 Å². The number of nitrogens with two attached hydrogens (primary N) is 1. The molecule has 0 spiro atoms. The number of ether oxygens (including phenoxy) is 1. The van der Waals surface area contributed by atoms with Gasteiger partial charge in [0.25, 0.3) is 0 Å². The largest absolute Gasteiger partial charge is 0.481 e. The second-order valence-corrected chi connectivity index (χ2v) is 4.41. The van der Waals surface area contributed by atoms with E-state index in [2.05, 4.69) is 20.3 Å². The van der Waals surface area contributed by atoms with Crippen LogP contribution >= 0.6 is 0 Å². The molecule has 6 nitrogen and oxygen atoms in total. The first kappa shape index (κ1) is 14.8. The standard InChI is InChI=1S/C15H19N5O/c1-21-14-6-5-12(10-19-14)11-20-15(16)18-9-7-13-4-2-3-8-17-13/h2-6,8,10H,7,9,11H2,1H3,(H3,16,18,20). The number of pyridine rings is 2. The smallest absolute Gasteiger partial charge is 0.212 e. The van der Waals surface area contributed by atoms with Crippen molar-refractivity contribution in [1.82, 2.24) is 15.3 Å². The van der Waals surface area contributed by atoms with Crippen LogP contribution in [-0.2, 0) is 13.0 Å². The van der Waals surface area contributed by atoms with Gasteiger partial charge in [-0.25, -0.2) is 9.98 Å². The highest BCUT2D eigenvalue weighted by atomic mass is 16.5. The molecule has 2 rings (SSSR count). The van der Waals surface area contributed by atoms with Gasteiger partial charge in [-0.3, -0.25) is 4.98 Å². The highest BCUT2D eigenvalue weighted by Gasteiger charge is 1.97. The van der Waals surface area contributed by atoms with Gasteiger partial charge in [-0.2, -0.15) is 0 Å². The van der Waals surface area contributed by atoms with Gasteiger partial charge in [-0.1, -0.05) is 12.1 Å². The number of nitrogens with one attached hydrogen (secondary N) is 1. The average molecular weight is 285 g/mol. The van der Waals surface area contributed by atoms with E-state index in [0.29, 0.717) is 24.9 Å². The van der Waals surface area contributed by atoms with Crippen LogP contribution in [0, 0.1) is 0 Å². The molecular weight excluding hydrogens is 266 g/mol. The molecule has 6 heteroatoms. The number of guanidine groups is 1. The lowest BCUT2D eigenvalue weighted by molar-refractivity contribution is 0.397. The third-order valence-corrected chi connectivity index (χ3v) is 2.85. The molecule has 0 saturated heterocycles. The molecule has 0 unspecified atom stereocenters. The number of aliphatic imine (C=N–C) groups is 1. The predicted octanol–water partition coefficient (Wildman–Crippen LogP) is 1.13.